The van der Waals surface area contributed by atoms with E-state index in [2.05, 4.69) is 15.9 Å². The summed E-state index contributed by atoms with van der Waals surface area (Å²) in [5.74, 6) is 0.120. The van der Waals surface area contributed by atoms with Gasteiger partial charge in [0, 0.05) is 13.0 Å². The van der Waals surface area contributed by atoms with Gasteiger partial charge in [0.05, 0.1) is 11.1 Å². The molecule has 0 fully saturated rings. The van der Waals surface area contributed by atoms with E-state index in [-0.39, 0.29) is 12.4 Å². The lowest BCUT2D eigenvalue weighted by Gasteiger charge is -2.06. The first kappa shape index (κ1) is 10.5. The number of hydrogen-bond acceptors (Lipinski definition) is 2. The van der Waals surface area contributed by atoms with E-state index in [1.54, 1.807) is 12.1 Å². The van der Waals surface area contributed by atoms with E-state index in [0.717, 1.165) is 0 Å². The Morgan fingerprint density at radius 2 is 2.23 bits per heavy atom. The molecule has 0 aliphatic carbocycles. The van der Waals surface area contributed by atoms with E-state index in [0.29, 0.717) is 23.2 Å². The normalized spacial score (nSPS) is 10.1. The predicted octanol–water partition coefficient (Wildman–Crippen LogP) is 2.35. The third-order valence-electron chi connectivity index (χ3n) is 1.48. The van der Waals surface area contributed by atoms with Gasteiger partial charge in [0.2, 0.25) is 0 Å². The van der Waals surface area contributed by atoms with Gasteiger partial charge in [0.15, 0.2) is 0 Å². The largest absolute Gasteiger partial charge is 0.492 e. The van der Waals surface area contributed by atoms with Crippen LogP contribution >= 0.6 is 15.9 Å². The summed E-state index contributed by atoms with van der Waals surface area (Å²) in [7, 11) is 0. The molecule has 0 aliphatic rings. The molecule has 1 N–H and O–H groups in total. The minimum Gasteiger partial charge on any atom is -0.492 e. The van der Waals surface area contributed by atoms with Crippen LogP contribution in [0.3, 0.4) is 0 Å². The number of hydrogen-bond donors (Lipinski definition) is 1. The third kappa shape index (κ3) is 2.97. The SMILES string of the molecule is OCCCOc1cccc(F)c1Br. The van der Waals surface area contributed by atoms with Gasteiger partial charge in [-0.15, -0.1) is 0 Å². The Bertz CT molecular complexity index is 278. The van der Waals surface area contributed by atoms with Crippen molar-refractivity contribution in [2.75, 3.05) is 13.2 Å². The maximum atomic E-state index is 12.9. The summed E-state index contributed by atoms with van der Waals surface area (Å²) in [6, 6.07) is 4.60. The van der Waals surface area contributed by atoms with Crippen molar-refractivity contribution < 1.29 is 14.2 Å². The van der Waals surface area contributed by atoms with Crippen LogP contribution < -0.4 is 4.74 Å². The Labute approximate surface area is 84.5 Å². The summed E-state index contributed by atoms with van der Waals surface area (Å²) in [6.07, 6.45) is 0.545. The van der Waals surface area contributed by atoms with E-state index in [1.165, 1.54) is 6.07 Å². The van der Waals surface area contributed by atoms with Crippen molar-refractivity contribution in [2.24, 2.45) is 0 Å². The first-order chi connectivity index (χ1) is 6.25. The highest BCUT2D eigenvalue weighted by molar-refractivity contribution is 9.10. The molecule has 0 saturated heterocycles. The summed E-state index contributed by atoms with van der Waals surface area (Å²) >= 11 is 3.07. The summed E-state index contributed by atoms with van der Waals surface area (Å²) < 4.78 is 18.5. The number of aliphatic hydroxyl groups excluding tert-OH is 1. The van der Waals surface area contributed by atoms with Gasteiger partial charge >= 0.3 is 0 Å². The lowest BCUT2D eigenvalue weighted by Crippen LogP contribution is -2.00. The van der Waals surface area contributed by atoms with E-state index in [1.807, 2.05) is 0 Å². The van der Waals surface area contributed by atoms with Crippen molar-refractivity contribution in [3.05, 3.63) is 28.5 Å². The zero-order chi connectivity index (χ0) is 9.68. The molecule has 0 aromatic heterocycles. The summed E-state index contributed by atoms with van der Waals surface area (Å²) in [5.41, 5.74) is 0. The van der Waals surface area contributed by atoms with Crippen LogP contribution in [0.25, 0.3) is 0 Å². The number of ether oxygens (including phenoxy) is 1. The lowest BCUT2D eigenvalue weighted by atomic mass is 10.3. The van der Waals surface area contributed by atoms with Gasteiger partial charge < -0.3 is 9.84 Å². The monoisotopic (exact) mass is 248 g/mol. The molecule has 0 unspecified atom stereocenters. The quantitative estimate of drug-likeness (QED) is 0.830. The first-order valence-corrected chi connectivity index (χ1v) is 4.72. The highest BCUT2D eigenvalue weighted by Gasteiger charge is 2.04. The standard InChI is InChI=1S/C9H10BrFO2/c10-9-7(11)3-1-4-8(9)13-6-2-5-12/h1,3-4,12H,2,5-6H2. The van der Waals surface area contributed by atoms with Gasteiger partial charge in [-0.25, -0.2) is 4.39 Å². The van der Waals surface area contributed by atoms with Crippen LogP contribution in [0.5, 0.6) is 5.75 Å². The highest BCUT2D eigenvalue weighted by Crippen LogP contribution is 2.27. The molecule has 72 valence electrons. The average Bonchev–Trinajstić information content (AvgIpc) is 2.13. The zero-order valence-electron chi connectivity index (χ0n) is 6.96. The number of benzene rings is 1. The molecular weight excluding hydrogens is 239 g/mol. The maximum absolute atomic E-state index is 12.9. The van der Waals surface area contributed by atoms with Gasteiger partial charge in [-0.3, -0.25) is 0 Å². The van der Waals surface area contributed by atoms with Crippen molar-refractivity contribution in [1.82, 2.24) is 0 Å². The second kappa shape index (κ2) is 5.19. The van der Waals surface area contributed by atoms with Crippen molar-refractivity contribution >= 4 is 15.9 Å². The van der Waals surface area contributed by atoms with E-state index in [9.17, 15) is 4.39 Å². The minimum atomic E-state index is -0.346. The molecule has 0 radical (unpaired) electrons. The molecule has 0 heterocycles. The van der Waals surface area contributed by atoms with Crippen molar-refractivity contribution in [2.45, 2.75) is 6.42 Å². The Balaban J connectivity index is 2.61. The second-order valence-electron chi connectivity index (χ2n) is 2.48. The maximum Gasteiger partial charge on any atom is 0.141 e. The van der Waals surface area contributed by atoms with Crippen LogP contribution in [0, 0.1) is 5.82 Å². The van der Waals surface area contributed by atoms with Crippen LogP contribution in [0.15, 0.2) is 22.7 Å². The molecule has 1 aromatic rings. The number of aliphatic hydroxyl groups is 1. The fraction of sp³-hybridized carbons (Fsp3) is 0.333. The van der Waals surface area contributed by atoms with Crippen molar-refractivity contribution in [1.29, 1.82) is 0 Å². The second-order valence-corrected chi connectivity index (χ2v) is 3.27. The third-order valence-corrected chi connectivity index (χ3v) is 2.25. The fourth-order valence-electron chi connectivity index (χ4n) is 0.842. The Kier molecular flexibility index (Phi) is 4.18. The summed E-state index contributed by atoms with van der Waals surface area (Å²) in [5, 5.41) is 8.50. The molecule has 0 atom stereocenters. The molecule has 0 amide bonds. The van der Waals surface area contributed by atoms with Crippen LogP contribution in [0.1, 0.15) is 6.42 Å². The molecule has 0 aliphatic heterocycles. The Hall–Kier alpha value is -0.610. The summed E-state index contributed by atoms with van der Waals surface area (Å²) in [4.78, 5) is 0. The smallest absolute Gasteiger partial charge is 0.141 e. The van der Waals surface area contributed by atoms with Crippen LogP contribution in [0.2, 0.25) is 0 Å². The molecule has 1 rings (SSSR count). The molecule has 13 heavy (non-hydrogen) atoms. The van der Waals surface area contributed by atoms with Gasteiger partial charge in [0.25, 0.3) is 0 Å². The molecule has 4 heteroatoms. The van der Waals surface area contributed by atoms with Gasteiger partial charge in [0.1, 0.15) is 11.6 Å². The topological polar surface area (TPSA) is 29.5 Å². The van der Waals surface area contributed by atoms with Crippen molar-refractivity contribution in [3.63, 3.8) is 0 Å². The minimum absolute atomic E-state index is 0.0763. The molecule has 0 bridgehead atoms. The average molecular weight is 249 g/mol. The van der Waals surface area contributed by atoms with Gasteiger partial charge in [-0.2, -0.15) is 0 Å². The van der Waals surface area contributed by atoms with E-state index < -0.39 is 0 Å². The highest BCUT2D eigenvalue weighted by atomic mass is 79.9. The number of halogens is 2. The fourth-order valence-corrected chi connectivity index (χ4v) is 1.22. The molecule has 0 spiro atoms. The van der Waals surface area contributed by atoms with E-state index >= 15 is 0 Å². The molecule has 0 saturated carbocycles. The molecular formula is C9H10BrFO2. The lowest BCUT2D eigenvalue weighted by molar-refractivity contribution is 0.232. The van der Waals surface area contributed by atoms with Gasteiger partial charge in [-0.05, 0) is 28.1 Å². The van der Waals surface area contributed by atoms with Crippen LogP contribution in [-0.4, -0.2) is 18.3 Å². The Morgan fingerprint density at radius 1 is 1.46 bits per heavy atom. The van der Waals surface area contributed by atoms with Crippen LogP contribution in [-0.2, 0) is 0 Å². The Morgan fingerprint density at radius 3 is 2.92 bits per heavy atom. The molecule has 2 nitrogen and oxygen atoms in total. The van der Waals surface area contributed by atoms with Crippen molar-refractivity contribution in [3.8, 4) is 5.75 Å². The van der Waals surface area contributed by atoms with Crippen LogP contribution in [0.4, 0.5) is 4.39 Å². The molecule has 1 aromatic carbocycles. The summed E-state index contributed by atoms with van der Waals surface area (Å²) in [6.45, 7) is 0.464. The first-order valence-electron chi connectivity index (χ1n) is 3.93. The predicted molar refractivity (Wildman–Crippen MR) is 51.3 cm³/mol. The van der Waals surface area contributed by atoms with E-state index in [4.69, 9.17) is 9.84 Å². The number of rotatable bonds is 4. The zero-order valence-corrected chi connectivity index (χ0v) is 8.55. The van der Waals surface area contributed by atoms with Gasteiger partial charge in [-0.1, -0.05) is 6.07 Å².